The first-order valence-corrected chi connectivity index (χ1v) is 20.1. The Labute approximate surface area is 319 Å². The monoisotopic (exact) mass is 718 g/mol. The Morgan fingerprint density at radius 3 is 1.44 bits per heavy atom. The second kappa shape index (κ2) is 11.6. The number of benzene rings is 10. The molecular weight excluding hydrogens is 689 g/mol. The van der Waals surface area contributed by atoms with E-state index in [1.807, 2.05) is 22.7 Å². The van der Waals surface area contributed by atoms with Gasteiger partial charge in [0.05, 0.1) is 0 Å². The second-order valence-electron chi connectivity index (χ2n) is 14.4. The lowest BCUT2D eigenvalue weighted by Gasteiger charge is -2.18. The van der Waals surface area contributed by atoms with Gasteiger partial charge in [0.25, 0.3) is 0 Å². The maximum atomic E-state index is 2.45. The lowest BCUT2D eigenvalue weighted by atomic mass is 9.85. The van der Waals surface area contributed by atoms with Gasteiger partial charge < -0.3 is 0 Å². The summed E-state index contributed by atoms with van der Waals surface area (Å²) in [5.41, 5.74) is 7.54. The standard InChI is InChI=1S/C52H30S2/c1-2-12-33-28-35(21-20-31(33)10-1)34-13-9-14-36(29-34)48-39-16-5-7-18-41(39)49(42-19-8-6-17-40(42)48)37-22-24-43-47(30-37)54-45-26-27-46-52(51(43)45)50-38-15-4-3-11-32(38)23-25-44(50)53-46/h1-30H. The Balaban J connectivity index is 1.08. The Morgan fingerprint density at radius 2 is 0.722 bits per heavy atom. The molecule has 54 heavy (non-hydrogen) atoms. The summed E-state index contributed by atoms with van der Waals surface area (Å²) in [6.45, 7) is 0. The minimum Gasteiger partial charge on any atom is -0.135 e. The van der Waals surface area contributed by atoms with Crippen molar-refractivity contribution in [2.24, 2.45) is 0 Å². The Hall–Kier alpha value is -6.32. The molecule has 0 N–H and O–H groups in total. The largest absolute Gasteiger partial charge is 0.135 e. The van der Waals surface area contributed by atoms with E-state index in [2.05, 4.69) is 182 Å². The van der Waals surface area contributed by atoms with Crippen LogP contribution >= 0.6 is 22.7 Å². The van der Waals surface area contributed by atoms with E-state index in [1.165, 1.54) is 117 Å². The minimum absolute atomic E-state index is 1.23. The molecule has 0 spiro atoms. The second-order valence-corrected chi connectivity index (χ2v) is 16.5. The van der Waals surface area contributed by atoms with Gasteiger partial charge in [-0.1, -0.05) is 146 Å². The van der Waals surface area contributed by atoms with E-state index in [9.17, 15) is 0 Å². The van der Waals surface area contributed by atoms with E-state index in [1.54, 1.807) is 0 Å². The SMILES string of the molecule is c1cc(-c2ccc3ccccc3c2)cc(-c2c3ccccc3c(-c3ccc4c(c3)sc3ccc5sc6ccc7ccccc7c6c5c34)c3ccccc23)c1. The van der Waals surface area contributed by atoms with Gasteiger partial charge in [-0.05, 0) is 113 Å². The average Bonchev–Trinajstić information content (AvgIpc) is 3.80. The van der Waals surface area contributed by atoms with Crippen molar-refractivity contribution < 1.29 is 0 Å². The highest BCUT2D eigenvalue weighted by molar-refractivity contribution is 7.28. The number of hydrogen-bond acceptors (Lipinski definition) is 2. The fourth-order valence-electron chi connectivity index (χ4n) is 9.02. The van der Waals surface area contributed by atoms with E-state index in [-0.39, 0.29) is 0 Å². The van der Waals surface area contributed by atoms with Gasteiger partial charge in [0, 0.05) is 40.3 Å². The highest BCUT2D eigenvalue weighted by Crippen LogP contribution is 2.49. The summed E-state index contributed by atoms with van der Waals surface area (Å²) in [5.74, 6) is 0. The molecule has 0 bridgehead atoms. The quantitative estimate of drug-likeness (QED) is 0.160. The lowest BCUT2D eigenvalue weighted by Crippen LogP contribution is -1.91. The van der Waals surface area contributed by atoms with E-state index in [4.69, 9.17) is 0 Å². The maximum absolute atomic E-state index is 2.45. The predicted octanol–water partition coefficient (Wildman–Crippen LogP) is 16.0. The number of thiophene rings is 2. The molecular formula is C52H30S2. The minimum atomic E-state index is 1.23. The van der Waals surface area contributed by atoms with E-state index in [0.29, 0.717) is 0 Å². The average molecular weight is 719 g/mol. The molecule has 0 atom stereocenters. The molecule has 0 nitrogen and oxygen atoms in total. The Bertz CT molecular complexity index is 3450. The van der Waals surface area contributed by atoms with Crippen LogP contribution in [0.15, 0.2) is 182 Å². The first-order chi connectivity index (χ1) is 26.8. The van der Waals surface area contributed by atoms with Crippen LogP contribution in [0.5, 0.6) is 0 Å². The maximum Gasteiger partial charge on any atom is 0.0362 e. The molecule has 2 heteroatoms. The summed E-state index contributed by atoms with van der Waals surface area (Å²) in [6.07, 6.45) is 0. The molecule has 0 saturated heterocycles. The van der Waals surface area contributed by atoms with Crippen LogP contribution in [0.2, 0.25) is 0 Å². The van der Waals surface area contributed by atoms with Crippen molar-refractivity contribution in [1.29, 1.82) is 0 Å². The van der Waals surface area contributed by atoms with Gasteiger partial charge in [-0.3, -0.25) is 0 Å². The van der Waals surface area contributed by atoms with Crippen molar-refractivity contribution in [1.82, 2.24) is 0 Å². The molecule has 2 aromatic heterocycles. The molecule has 250 valence electrons. The van der Waals surface area contributed by atoms with Gasteiger partial charge in [-0.15, -0.1) is 22.7 Å². The third kappa shape index (κ3) is 4.42. The van der Waals surface area contributed by atoms with Crippen molar-refractivity contribution in [2.75, 3.05) is 0 Å². The van der Waals surface area contributed by atoms with E-state index < -0.39 is 0 Å². The van der Waals surface area contributed by atoms with Gasteiger partial charge in [-0.2, -0.15) is 0 Å². The first-order valence-electron chi connectivity index (χ1n) is 18.5. The third-order valence-electron chi connectivity index (χ3n) is 11.4. The van der Waals surface area contributed by atoms with Crippen molar-refractivity contribution in [3.8, 4) is 33.4 Å². The fraction of sp³-hybridized carbons (Fsp3) is 0. The van der Waals surface area contributed by atoms with Crippen molar-refractivity contribution in [3.63, 3.8) is 0 Å². The summed E-state index contributed by atoms with van der Waals surface area (Å²) in [7, 11) is 0. The van der Waals surface area contributed by atoms with Gasteiger partial charge in [-0.25, -0.2) is 0 Å². The molecule has 0 amide bonds. The van der Waals surface area contributed by atoms with E-state index >= 15 is 0 Å². The summed E-state index contributed by atoms with van der Waals surface area (Å²) in [6, 6.07) is 67.8. The molecule has 12 aromatic rings. The zero-order valence-corrected chi connectivity index (χ0v) is 30.8. The smallest absolute Gasteiger partial charge is 0.0362 e. The summed E-state index contributed by atoms with van der Waals surface area (Å²) >= 11 is 3.83. The molecule has 2 heterocycles. The number of hydrogen-bond donors (Lipinski definition) is 0. The number of fused-ring (bicyclic) bond motifs is 12. The van der Waals surface area contributed by atoms with Crippen LogP contribution in [-0.4, -0.2) is 0 Å². The first kappa shape index (κ1) is 30.2. The molecule has 12 rings (SSSR count). The van der Waals surface area contributed by atoms with E-state index in [0.717, 1.165) is 0 Å². The molecule has 0 aliphatic heterocycles. The highest BCUT2D eigenvalue weighted by atomic mass is 32.1. The zero-order chi connectivity index (χ0) is 35.3. The lowest BCUT2D eigenvalue weighted by molar-refractivity contribution is 1.63. The molecule has 0 unspecified atom stereocenters. The topological polar surface area (TPSA) is 0 Å². The highest BCUT2D eigenvalue weighted by Gasteiger charge is 2.20. The molecule has 0 fully saturated rings. The molecule has 0 aliphatic carbocycles. The van der Waals surface area contributed by atoms with Crippen LogP contribution in [0.4, 0.5) is 0 Å². The van der Waals surface area contributed by atoms with Crippen LogP contribution in [0, 0.1) is 0 Å². The van der Waals surface area contributed by atoms with Crippen LogP contribution in [0.3, 0.4) is 0 Å². The number of rotatable bonds is 3. The Kier molecular flexibility index (Phi) is 6.48. The van der Waals surface area contributed by atoms with Gasteiger partial charge in [0.2, 0.25) is 0 Å². The normalized spacial score (nSPS) is 12.1. The van der Waals surface area contributed by atoms with Crippen LogP contribution in [-0.2, 0) is 0 Å². The summed E-state index contributed by atoms with van der Waals surface area (Å²) in [4.78, 5) is 0. The van der Waals surface area contributed by atoms with Crippen molar-refractivity contribution >= 4 is 106 Å². The van der Waals surface area contributed by atoms with Crippen LogP contribution in [0.25, 0.3) is 117 Å². The van der Waals surface area contributed by atoms with Gasteiger partial charge >= 0.3 is 0 Å². The molecule has 0 radical (unpaired) electrons. The van der Waals surface area contributed by atoms with Crippen LogP contribution in [0.1, 0.15) is 0 Å². The predicted molar refractivity (Wildman–Crippen MR) is 239 cm³/mol. The van der Waals surface area contributed by atoms with Gasteiger partial charge in [0.1, 0.15) is 0 Å². The molecule has 10 aromatic carbocycles. The third-order valence-corrected chi connectivity index (χ3v) is 13.7. The van der Waals surface area contributed by atoms with Gasteiger partial charge in [0.15, 0.2) is 0 Å². The van der Waals surface area contributed by atoms with Crippen molar-refractivity contribution in [2.45, 2.75) is 0 Å². The Morgan fingerprint density at radius 1 is 0.241 bits per heavy atom. The zero-order valence-electron chi connectivity index (χ0n) is 29.1. The molecule has 0 aliphatic rings. The van der Waals surface area contributed by atoms with Crippen LogP contribution < -0.4 is 0 Å². The fourth-order valence-corrected chi connectivity index (χ4v) is 11.3. The van der Waals surface area contributed by atoms with Crippen molar-refractivity contribution in [3.05, 3.63) is 182 Å². The summed E-state index contributed by atoms with van der Waals surface area (Å²) < 4.78 is 5.39. The molecule has 0 saturated carbocycles. The summed E-state index contributed by atoms with van der Waals surface area (Å²) in [5, 5.41) is 15.8.